The Kier molecular flexibility index (Phi) is 9.50. The number of carbonyl (C=O) groups is 1. The van der Waals surface area contributed by atoms with Gasteiger partial charge >= 0.3 is 5.97 Å². The number of alkyl halides is 1. The van der Waals surface area contributed by atoms with Crippen LogP contribution in [0.2, 0.25) is 0 Å². The molecule has 0 aliphatic carbocycles. The number of hydrogen-bond donors (Lipinski definition) is 0. The molecule has 114 valence electrons. The summed E-state index contributed by atoms with van der Waals surface area (Å²) in [4.78, 5) is 12.1. The van der Waals surface area contributed by atoms with Crippen LogP contribution in [0.1, 0.15) is 66.7 Å². The highest BCUT2D eigenvalue weighted by Crippen LogP contribution is 2.23. The van der Waals surface area contributed by atoms with Crippen molar-refractivity contribution in [2.45, 2.75) is 83.7 Å². The Labute approximate surface area is 121 Å². The van der Waals surface area contributed by atoms with Crippen LogP contribution in [0.3, 0.4) is 0 Å². The van der Waals surface area contributed by atoms with E-state index < -0.39 is 11.8 Å². The normalized spacial score (nSPS) is 15.1. The smallest absolute Gasteiger partial charge is 0.319 e. The topological polar surface area (TPSA) is 26.3 Å². The van der Waals surface area contributed by atoms with E-state index in [0.29, 0.717) is 6.42 Å². The van der Waals surface area contributed by atoms with E-state index in [0.717, 1.165) is 31.4 Å². The number of halogens is 1. The molecule has 0 radical (unpaired) electrons. The first kappa shape index (κ1) is 18.8. The summed E-state index contributed by atoms with van der Waals surface area (Å²) >= 11 is 1.61. The summed E-state index contributed by atoms with van der Waals surface area (Å²) in [6, 6.07) is 0. The van der Waals surface area contributed by atoms with Crippen molar-refractivity contribution in [2.24, 2.45) is 0 Å². The lowest BCUT2D eigenvalue weighted by atomic mass is 10.1. The van der Waals surface area contributed by atoms with E-state index in [1.807, 2.05) is 20.8 Å². The van der Waals surface area contributed by atoms with Crippen LogP contribution < -0.4 is 0 Å². The van der Waals surface area contributed by atoms with Crippen molar-refractivity contribution in [3.8, 4) is 0 Å². The largest absolute Gasteiger partial charge is 0.459 e. The quantitative estimate of drug-likeness (QED) is 0.453. The van der Waals surface area contributed by atoms with Crippen molar-refractivity contribution in [3.63, 3.8) is 0 Å². The molecule has 19 heavy (non-hydrogen) atoms. The molecule has 0 spiro atoms. The summed E-state index contributed by atoms with van der Waals surface area (Å²) in [5.41, 5.74) is -0.435. The summed E-state index contributed by atoms with van der Waals surface area (Å²) in [6.45, 7) is 9.35. The molecule has 0 aliphatic heterocycles. The summed E-state index contributed by atoms with van der Waals surface area (Å²) in [7, 11) is 0. The fourth-order valence-corrected chi connectivity index (χ4v) is 2.75. The molecular formula is C15H29FO2S. The molecule has 0 aliphatic rings. The third kappa shape index (κ3) is 11.3. The second kappa shape index (κ2) is 9.62. The van der Waals surface area contributed by atoms with Gasteiger partial charge in [-0.05, 0) is 52.7 Å². The first-order chi connectivity index (χ1) is 8.76. The highest BCUT2D eigenvalue weighted by molar-refractivity contribution is 8.00. The van der Waals surface area contributed by atoms with Crippen molar-refractivity contribution in [2.75, 3.05) is 5.75 Å². The molecule has 0 saturated carbocycles. The molecule has 0 aromatic heterocycles. The van der Waals surface area contributed by atoms with Crippen molar-refractivity contribution < 1.29 is 13.9 Å². The molecule has 0 N–H and O–H groups in total. The standard InChI is InChI=1S/C15H29FO2S/c1-6-7-10-13(14(17)18-15(3,4)5)19-11-8-9-12(2)16/h12-13H,6-11H2,1-5H3. The van der Waals surface area contributed by atoms with E-state index in [9.17, 15) is 9.18 Å². The molecule has 0 amide bonds. The van der Waals surface area contributed by atoms with Gasteiger partial charge < -0.3 is 4.74 Å². The Morgan fingerprint density at radius 2 is 1.89 bits per heavy atom. The first-order valence-corrected chi connectivity index (χ1v) is 8.29. The molecule has 4 heteroatoms. The number of carbonyl (C=O) groups excluding carboxylic acids is 1. The highest BCUT2D eigenvalue weighted by Gasteiger charge is 2.24. The lowest BCUT2D eigenvalue weighted by Crippen LogP contribution is -2.30. The van der Waals surface area contributed by atoms with Crippen molar-refractivity contribution in [1.29, 1.82) is 0 Å². The van der Waals surface area contributed by atoms with E-state index in [1.54, 1.807) is 18.7 Å². The van der Waals surface area contributed by atoms with E-state index in [1.165, 1.54) is 0 Å². The molecule has 0 aromatic carbocycles. The van der Waals surface area contributed by atoms with Gasteiger partial charge in [0.05, 0.1) is 6.17 Å². The average Bonchev–Trinajstić information content (AvgIpc) is 2.25. The maximum Gasteiger partial charge on any atom is 0.319 e. The molecule has 2 atom stereocenters. The van der Waals surface area contributed by atoms with Crippen LogP contribution in [0.15, 0.2) is 0 Å². The Balaban J connectivity index is 4.17. The zero-order valence-corrected chi connectivity index (χ0v) is 13.8. The van der Waals surface area contributed by atoms with Crippen LogP contribution in [0, 0.1) is 0 Å². The average molecular weight is 292 g/mol. The number of hydrogen-bond acceptors (Lipinski definition) is 3. The lowest BCUT2D eigenvalue weighted by Gasteiger charge is -2.23. The molecular weight excluding hydrogens is 263 g/mol. The SMILES string of the molecule is CCCCC(SCCCC(C)F)C(=O)OC(C)(C)C. The molecule has 0 bridgehead atoms. The molecule has 0 rings (SSSR count). The predicted octanol–water partition coefficient (Wildman–Crippen LogP) is 4.76. The predicted molar refractivity (Wildman–Crippen MR) is 81.4 cm³/mol. The highest BCUT2D eigenvalue weighted by atomic mass is 32.2. The number of esters is 1. The Morgan fingerprint density at radius 1 is 1.26 bits per heavy atom. The van der Waals surface area contributed by atoms with Gasteiger partial charge in [0.1, 0.15) is 10.9 Å². The summed E-state index contributed by atoms with van der Waals surface area (Å²) in [5.74, 6) is 0.696. The minimum Gasteiger partial charge on any atom is -0.459 e. The molecule has 0 heterocycles. The summed E-state index contributed by atoms with van der Waals surface area (Å²) in [5, 5.41) is -0.103. The maximum absolute atomic E-state index is 12.7. The van der Waals surface area contributed by atoms with Crippen LogP contribution in [-0.4, -0.2) is 28.7 Å². The number of rotatable bonds is 9. The minimum atomic E-state index is -0.754. The van der Waals surface area contributed by atoms with Gasteiger partial charge in [-0.2, -0.15) is 0 Å². The van der Waals surface area contributed by atoms with E-state index >= 15 is 0 Å². The number of unbranched alkanes of at least 4 members (excludes halogenated alkanes) is 1. The van der Waals surface area contributed by atoms with Crippen LogP contribution in [0.4, 0.5) is 4.39 Å². The lowest BCUT2D eigenvalue weighted by molar-refractivity contribution is -0.154. The second-order valence-electron chi connectivity index (χ2n) is 5.96. The van der Waals surface area contributed by atoms with Crippen LogP contribution in [0.25, 0.3) is 0 Å². The zero-order valence-electron chi connectivity index (χ0n) is 13.0. The number of thioether (sulfide) groups is 1. The van der Waals surface area contributed by atoms with Gasteiger partial charge in [0, 0.05) is 0 Å². The van der Waals surface area contributed by atoms with Crippen molar-refractivity contribution in [3.05, 3.63) is 0 Å². The third-order valence-electron chi connectivity index (χ3n) is 2.55. The Hall–Kier alpha value is -0.250. The van der Waals surface area contributed by atoms with Crippen molar-refractivity contribution in [1.82, 2.24) is 0 Å². The summed E-state index contributed by atoms with van der Waals surface area (Å²) < 4.78 is 18.1. The molecule has 0 saturated heterocycles. The molecule has 2 nitrogen and oxygen atoms in total. The molecule has 0 aromatic rings. The van der Waals surface area contributed by atoms with Gasteiger partial charge in [-0.3, -0.25) is 4.79 Å². The van der Waals surface area contributed by atoms with Gasteiger partial charge in [-0.15, -0.1) is 11.8 Å². The first-order valence-electron chi connectivity index (χ1n) is 7.24. The Bertz CT molecular complexity index is 249. The van der Waals surface area contributed by atoms with E-state index in [2.05, 4.69) is 6.92 Å². The van der Waals surface area contributed by atoms with Gasteiger partial charge in [0.25, 0.3) is 0 Å². The fraction of sp³-hybridized carbons (Fsp3) is 0.933. The minimum absolute atomic E-state index is 0.103. The third-order valence-corrected chi connectivity index (χ3v) is 3.91. The van der Waals surface area contributed by atoms with Crippen LogP contribution in [0.5, 0.6) is 0 Å². The van der Waals surface area contributed by atoms with Crippen LogP contribution >= 0.6 is 11.8 Å². The van der Waals surface area contributed by atoms with E-state index in [4.69, 9.17) is 4.74 Å². The molecule has 2 unspecified atom stereocenters. The fourth-order valence-electron chi connectivity index (χ4n) is 1.62. The van der Waals surface area contributed by atoms with E-state index in [-0.39, 0.29) is 11.2 Å². The van der Waals surface area contributed by atoms with Gasteiger partial charge in [-0.25, -0.2) is 4.39 Å². The van der Waals surface area contributed by atoms with Gasteiger partial charge in [-0.1, -0.05) is 19.8 Å². The monoisotopic (exact) mass is 292 g/mol. The molecule has 0 fully saturated rings. The zero-order chi connectivity index (χ0) is 14.9. The van der Waals surface area contributed by atoms with Crippen molar-refractivity contribution >= 4 is 17.7 Å². The maximum atomic E-state index is 12.7. The number of ether oxygens (including phenoxy) is 1. The van der Waals surface area contributed by atoms with Crippen LogP contribution in [-0.2, 0) is 9.53 Å². The second-order valence-corrected chi connectivity index (χ2v) is 7.27. The van der Waals surface area contributed by atoms with Gasteiger partial charge in [0.2, 0.25) is 0 Å². The van der Waals surface area contributed by atoms with Gasteiger partial charge in [0.15, 0.2) is 0 Å². The summed E-state index contributed by atoms with van der Waals surface area (Å²) in [6.07, 6.45) is 3.57. The Morgan fingerprint density at radius 3 is 2.37 bits per heavy atom.